The van der Waals surface area contributed by atoms with Crippen LogP contribution in [0.4, 0.5) is 0 Å². The summed E-state index contributed by atoms with van der Waals surface area (Å²) in [5.74, 6) is -0.0390. The van der Waals surface area contributed by atoms with Crippen molar-refractivity contribution in [2.24, 2.45) is 0 Å². The van der Waals surface area contributed by atoms with Crippen molar-refractivity contribution in [2.75, 3.05) is 40.9 Å². The van der Waals surface area contributed by atoms with Crippen LogP contribution >= 0.6 is 7.82 Å². The second-order valence-electron chi connectivity index (χ2n) is 10.1. The molecule has 0 heterocycles. The first-order valence-electron chi connectivity index (χ1n) is 12.8. The van der Waals surface area contributed by atoms with E-state index in [2.05, 4.69) is 12.2 Å². The average Bonchev–Trinajstić information content (AvgIpc) is 2.69. The monoisotopic (exact) mass is 479 g/mol. The van der Waals surface area contributed by atoms with Gasteiger partial charge in [0.05, 0.1) is 27.7 Å². The molecule has 0 aromatic heterocycles. The summed E-state index contributed by atoms with van der Waals surface area (Å²) in [7, 11) is 1.83. The van der Waals surface area contributed by atoms with Gasteiger partial charge in [-0.05, 0) is 13.3 Å². The van der Waals surface area contributed by atoms with E-state index in [-0.39, 0.29) is 25.2 Å². The second kappa shape index (κ2) is 18.9. The molecule has 0 rings (SSSR count). The van der Waals surface area contributed by atoms with E-state index in [0.717, 1.165) is 12.8 Å². The molecule has 0 saturated heterocycles. The molecule has 192 valence electrons. The van der Waals surface area contributed by atoms with E-state index >= 15 is 0 Å². The molecule has 0 aromatic carbocycles. The highest BCUT2D eigenvalue weighted by Crippen LogP contribution is 2.43. The van der Waals surface area contributed by atoms with Crippen molar-refractivity contribution >= 4 is 13.7 Å². The van der Waals surface area contributed by atoms with E-state index in [1.807, 2.05) is 21.1 Å². The molecule has 0 aliphatic heterocycles. The first kappa shape index (κ1) is 31.5. The molecule has 0 radical (unpaired) electrons. The van der Waals surface area contributed by atoms with Crippen LogP contribution in [-0.2, 0) is 18.4 Å². The Morgan fingerprint density at radius 2 is 1.34 bits per heavy atom. The van der Waals surface area contributed by atoms with Gasteiger partial charge >= 0.3 is 7.82 Å². The predicted octanol–water partition coefficient (Wildman–Crippen LogP) is 5.81. The van der Waals surface area contributed by atoms with E-state index in [1.165, 1.54) is 70.6 Å². The van der Waals surface area contributed by atoms with Crippen molar-refractivity contribution in [1.82, 2.24) is 5.32 Å². The third-order valence-electron chi connectivity index (χ3n) is 5.42. The van der Waals surface area contributed by atoms with Crippen LogP contribution in [0.5, 0.6) is 0 Å². The summed E-state index contributed by atoms with van der Waals surface area (Å²) in [6.07, 6.45) is 17.1. The van der Waals surface area contributed by atoms with E-state index in [9.17, 15) is 14.3 Å². The topological polar surface area (TPSA) is 84.9 Å². The number of carbonyl (C=O) groups excluding carboxylic acids is 1. The van der Waals surface area contributed by atoms with Gasteiger partial charge in [0.1, 0.15) is 13.2 Å². The Balaban J connectivity index is 3.60. The molecule has 1 unspecified atom stereocenters. The Hall–Kier alpha value is -0.460. The van der Waals surface area contributed by atoms with Crippen LogP contribution in [0.15, 0.2) is 0 Å². The molecule has 2 atom stereocenters. The molecule has 0 spiro atoms. The standard InChI is InChI=1S/C24H51N2O5P/c1-6-7-8-9-10-11-12-13-14-15-16-17-18-19-24(27)25-23(2)22-31-32(28,29)30-21-20-26(3,4)5/h23H,6-22H2,1-5H3,(H-,25,27,28,29)/p+1/t23-/m1/s1. The highest BCUT2D eigenvalue weighted by Gasteiger charge is 2.23. The predicted molar refractivity (Wildman–Crippen MR) is 133 cm³/mol. The molecular weight excluding hydrogens is 427 g/mol. The lowest BCUT2D eigenvalue weighted by Crippen LogP contribution is -2.37. The van der Waals surface area contributed by atoms with E-state index in [0.29, 0.717) is 17.4 Å². The van der Waals surface area contributed by atoms with Gasteiger partial charge in [-0.3, -0.25) is 13.8 Å². The van der Waals surface area contributed by atoms with Crippen LogP contribution in [0, 0.1) is 0 Å². The van der Waals surface area contributed by atoms with Gasteiger partial charge in [-0.1, -0.05) is 84.0 Å². The molecule has 0 aliphatic rings. The van der Waals surface area contributed by atoms with Crippen molar-refractivity contribution < 1.29 is 27.8 Å². The summed E-state index contributed by atoms with van der Waals surface area (Å²) < 4.78 is 22.5. The maximum atomic E-state index is 12.0. The van der Waals surface area contributed by atoms with Crippen LogP contribution in [0.25, 0.3) is 0 Å². The number of amides is 1. The van der Waals surface area contributed by atoms with E-state index in [1.54, 1.807) is 6.92 Å². The van der Waals surface area contributed by atoms with E-state index < -0.39 is 7.82 Å². The number of phosphoric acid groups is 1. The summed E-state index contributed by atoms with van der Waals surface area (Å²) in [5.41, 5.74) is 0. The number of likely N-dealkylation sites (N-methyl/N-ethyl adjacent to an activating group) is 1. The lowest BCUT2D eigenvalue weighted by molar-refractivity contribution is -0.870. The largest absolute Gasteiger partial charge is 0.472 e. The van der Waals surface area contributed by atoms with Gasteiger partial charge in [0, 0.05) is 12.5 Å². The summed E-state index contributed by atoms with van der Waals surface area (Å²) >= 11 is 0. The number of hydrogen-bond acceptors (Lipinski definition) is 4. The number of nitrogens with zero attached hydrogens (tertiary/aromatic N) is 1. The fraction of sp³-hybridized carbons (Fsp3) is 0.958. The lowest BCUT2D eigenvalue weighted by atomic mass is 10.0. The maximum Gasteiger partial charge on any atom is 0.472 e. The summed E-state index contributed by atoms with van der Waals surface area (Å²) in [4.78, 5) is 21.8. The van der Waals surface area contributed by atoms with Crippen molar-refractivity contribution in [3.05, 3.63) is 0 Å². The van der Waals surface area contributed by atoms with Gasteiger partial charge in [-0.2, -0.15) is 0 Å². The first-order valence-corrected chi connectivity index (χ1v) is 14.3. The van der Waals surface area contributed by atoms with Gasteiger partial charge in [-0.15, -0.1) is 0 Å². The number of nitrogens with one attached hydrogen (secondary N) is 1. The van der Waals surface area contributed by atoms with Crippen LogP contribution in [0.2, 0.25) is 0 Å². The number of unbranched alkanes of at least 4 members (excludes halogenated alkanes) is 12. The second-order valence-corrected chi connectivity index (χ2v) is 11.5. The third kappa shape index (κ3) is 22.7. The number of carbonyl (C=O) groups is 1. The summed E-state index contributed by atoms with van der Waals surface area (Å²) in [6.45, 7) is 4.69. The lowest BCUT2D eigenvalue weighted by Gasteiger charge is -2.24. The van der Waals surface area contributed by atoms with Gasteiger partial charge in [0.15, 0.2) is 0 Å². The minimum Gasteiger partial charge on any atom is -0.351 e. The fourth-order valence-corrected chi connectivity index (χ4v) is 4.16. The Morgan fingerprint density at radius 1 is 0.875 bits per heavy atom. The Morgan fingerprint density at radius 3 is 1.81 bits per heavy atom. The van der Waals surface area contributed by atoms with Crippen molar-refractivity contribution in [3.63, 3.8) is 0 Å². The molecule has 0 fully saturated rings. The maximum absolute atomic E-state index is 12.0. The Bertz CT molecular complexity index is 511. The number of quaternary nitrogens is 1. The van der Waals surface area contributed by atoms with Crippen LogP contribution in [0.3, 0.4) is 0 Å². The molecular formula is C24H52N2O5P+. The molecule has 32 heavy (non-hydrogen) atoms. The number of hydrogen-bond donors (Lipinski definition) is 2. The SMILES string of the molecule is CCCCCCCCCCCCCCCC(=O)N[C@H](C)COP(=O)(O)OCC[N+](C)(C)C. The van der Waals surface area contributed by atoms with Crippen LogP contribution in [-0.4, -0.2) is 62.2 Å². The molecule has 8 heteroatoms. The summed E-state index contributed by atoms with van der Waals surface area (Å²) in [6, 6.07) is -0.341. The number of phosphoric ester groups is 1. The van der Waals surface area contributed by atoms with Crippen molar-refractivity contribution in [3.8, 4) is 0 Å². The van der Waals surface area contributed by atoms with Crippen LogP contribution < -0.4 is 5.32 Å². The van der Waals surface area contributed by atoms with Gasteiger partial charge in [0.2, 0.25) is 5.91 Å². The third-order valence-corrected chi connectivity index (χ3v) is 6.40. The Kier molecular flexibility index (Phi) is 18.6. The molecule has 7 nitrogen and oxygen atoms in total. The van der Waals surface area contributed by atoms with E-state index in [4.69, 9.17) is 9.05 Å². The molecule has 2 N–H and O–H groups in total. The van der Waals surface area contributed by atoms with Crippen molar-refractivity contribution in [2.45, 2.75) is 110 Å². The molecule has 0 aliphatic carbocycles. The quantitative estimate of drug-likeness (QED) is 0.116. The normalized spacial score (nSPS) is 14.8. The molecule has 0 saturated carbocycles. The highest BCUT2D eigenvalue weighted by atomic mass is 31.2. The molecule has 0 bridgehead atoms. The molecule has 1 amide bonds. The molecule has 0 aromatic rings. The zero-order chi connectivity index (χ0) is 24.3. The highest BCUT2D eigenvalue weighted by molar-refractivity contribution is 7.47. The minimum atomic E-state index is -4.09. The smallest absolute Gasteiger partial charge is 0.351 e. The van der Waals surface area contributed by atoms with Gasteiger partial charge < -0.3 is 14.7 Å². The average molecular weight is 480 g/mol. The zero-order valence-electron chi connectivity index (χ0n) is 21.6. The van der Waals surface area contributed by atoms with Crippen molar-refractivity contribution in [1.29, 1.82) is 0 Å². The first-order chi connectivity index (χ1) is 15.1. The Labute approximate surface area is 197 Å². The minimum absolute atomic E-state index is 0.0390. The fourth-order valence-electron chi connectivity index (χ4n) is 3.37. The summed E-state index contributed by atoms with van der Waals surface area (Å²) in [5, 5.41) is 2.82. The number of rotatable bonds is 22. The zero-order valence-corrected chi connectivity index (χ0v) is 22.5. The van der Waals surface area contributed by atoms with Gasteiger partial charge in [0.25, 0.3) is 0 Å². The van der Waals surface area contributed by atoms with Crippen LogP contribution in [0.1, 0.15) is 104 Å². The van der Waals surface area contributed by atoms with Gasteiger partial charge in [-0.25, -0.2) is 4.57 Å².